The van der Waals surface area contributed by atoms with Crippen LogP contribution in [0.3, 0.4) is 0 Å². The molecule has 2 amide bonds. The van der Waals surface area contributed by atoms with Gasteiger partial charge < -0.3 is 16.0 Å². The lowest BCUT2D eigenvalue weighted by Crippen LogP contribution is -2.43. The molecule has 0 spiro atoms. The molecule has 0 aliphatic rings. The number of hydrogen-bond acceptors (Lipinski definition) is 3. The molecule has 0 rings (SSSR count). The van der Waals surface area contributed by atoms with E-state index >= 15 is 0 Å². The minimum absolute atomic E-state index is 0. The van der Waals surface area contributed by atoms with Gasteiger partial charge in [0.25, 0.3) is 0 Å². The van der Waals surface area contributed by atoms with Crippen LogP contribution in [0.2, 0.25) is 0 Å². The standard InChI is InChI=1S/C9H19N3O2.ClH/c1-7(2)12(6-8(10)13)9(14)4-5-11-3;/h7,11H,4-6H2,1-3H3,(H2,10,13);1H. The fraction of sp³-hybridized carbons (Fsp3) is 0.778. The van der Waals surface area contributed by atoms with Crippen molar-refractivity contribution < 1.29 is 9.59 Å². The van der Waals surface area contributed by atoms with E-state index in [9.17, 15) is 9.59 Å². The normalized spacial score (nSPS) is 9.60. The van der Waals surface area contributed by atoms with E-state index in [-0.39, 0.29) is 30.9 Å². The van der Waals surface area contributed by atoms with Crippen LogP contribution in [0.4, 0.5) is 0 Å². The summed E-state index contributed by atoms with van der Waals surface area (Å²) in [4.78, 5) is 23.7. The number of halogens is 1. The quantitative estimate of drug-likeness (QED) is 0.669. The van der Waals surface area contributed by atoms with Crippen molar-refractivity contribution >= 4 is 24.2 Å². The summed E-state index contributed by atoms with van der Waals surface area (Å²) in [5.74, 6) is -0.523. The Hall–Kier alpha value is -0.810. The fourth-order valence-corrected chi connectivity index (χ4v) is 1.10. The van der Waals surface area contributed by atoms with Gasteiger partial charge in [-0.2, -0.15) is 0 Å². The topological polar surface area (TPSA) is 75.4 Å². The summed E-state index contributed by atoms with van der Waals surface area (Å²) < 4.78 is 0. The second-order valence-corrected chi connectivity index (χ2v) is 3.44. The van der Waals surface area contributed by atoms with Crippen molar-refractivity contribution in [1.29, 1.82) is 0 Å². The Labute approximate surface area is 96.8 Å². The van der Waals surface area contributed by atoms with Crippen LogP contribution < -0.4 is 11.1 Å². The Morgan fingerprint density at radius 2 is 1.93 bits per heavy atom. The van der Waals surface area contributed by atoms with Crippen molar-refractivity contribution in [2.24, 2.45) is 5.73 Å². The number of primary amides is 1. The van der Waals surface area contributed by atoms with Crippen molar-refractivity contribution in [3.05, 3.63) is 0 Å². The number of amides is 2. The zero-order valence-electron chi connectivity index (χ0n) is 9.45. The van der Waals surface area contributed by atoms with E-state index in [4.69, 9.17) is 5.73 Å². The first-order valence-corrected chi connectivity index (χ1v) is 4.71. The molecular weight excluding hydrogens is 218 g/mol. The molecule has 3 N–H and O–H groups in total. The highest BCUT2D eigenvalue weighted by Gasteiger charge is 2.17. The highest BCUT2D eigenvalue weighted by molar-refractivity contribution is 5.85. The summed E-state index contributed by atoms with van der Waals surface area (Å²) in [6, 6.07) is 0.00635. The molecule has 90 valence electrons. The van der Waals surface area contributed by atoms with Gasteiger partial charge in [0.1, 0.15) is 0 Å². The number of nitrogens with zero attached hydrogens (tertiary/aromatic N) is 1. The number of nitrogens with two attached hydrogens (primary N) is 1. The minimum Gasteiger partial charge on any atom is -0.368 e. The molecule has 0 aliphatic heterocycles. The average molecular weight is 238 g/mol. The molecule has 0 aliphatic carbocycles. The van der Waals surface area contributed by atoms with Crippen molar-refractivity contribution in [2.75, 3.05) is 20.1 Å². The number of hydrogen-bond donors (Lipinski definition) is 2. The van der Waals surface area contributed by atoms with Gasteiger partial charge in [0.2, 0.25) is 11.8 Å². The molecule has 0 aromatic carbocycles. The molecule has 0 aromatic rings. The molecule has 0 unspecified atom stereocenters. The maximum atomic E-state index is 11.6. The van der Waals surface area contributed by atoms with E-state index in [2.05, 4.69) is 5.32 Å². The van der Waals surface area contributed by atoms with Crippen molar-refractivity contribution in [3.8, 4) is 0 Å². The molecule has 0 saturated heterocycles. The molecule has 0 heterocycles. The van der Waals surface area contributed by atoms with Crippen LogP contribution in [0.25, 0.3) is 0 Å². The molecule has 0 fully saturated rings. The molecule has 0 radical (unpaired) electrons. The molecule has 6 heteroatoms. The average Bonchev–Trinajstić information content (AvgIpc) is 2.09. The van der Waals surface area contributed by atoms with Gasteiger partial charge in [-0.05, 0) is 20.9 Å². The number of carbonyl (C=O) groups excluding carboxylic acids is 2. The van der Waals surface area contributed by atoms with Crippen LogP contribution >= 0.6 is 12.4 Å². The Bertz CT molecular complexity index is 210. The zero-order chi connectivity index (χ0) is 11.1. The Kier molecular flexibility index (Phi) is 9.41. The van der Waals surface area contributed by atoms with Gasteiger partial charge in [0.05, 0.1) is 6.54 Å². The first-order valence-electron chi connectivity index (χ1n) is 4.71. The molecular formula is C9H20ClN3O2. The molecule has 0 bridgehead atoms. The summed E-state index contributed by atoms with van der Waals surface area (Å²) in [7, 11) is 1.78. The molecule has 0 atom stereocenters. The maximum Gasteiger partial charge on any atom is 0.237 e. The second-order valence-electron chi connectivity index (χ2n) is 3.44. The first kappa shape index (κ1) is 16.6. The lowest BCUT2D eigenvalue weighted by Gasteiger charge is -2.25. The largest absolute Gasteiger partial charge is 0.368 e. The van der Waals surface area contributed by atoms with Crippen LogP contribution in [0.15, 0.2) is 0 Å². The van der Waals surface area contributed by atoms with Gasteiger partial charge in [-0.15, -0.1) is 12.4 Å². The van der Waals surface area contributed by atoms with Crippen molar-refractivity contribution in [2.45, 2.75) is 26.3 Å². The third-order valence-electron chi connectivity index (χ3n) is 1.86. The van der Waals surface area contributed by atoms with Gasteiger partial charge >= 0.3 is 0 Å². The Morgan fingerprint density at radius 3 is 2.27 bits per heavy atom. The molecule has 5 nitrogen and oxygen atoms in total. The zero-order valence-corrected chi connectivity index (χ0v) is 10.3. The molecule has 0 aromatic heterocycles. The number of rotatable bonds is 6. The van der Waals surface area contributed by atoms with Crippen LogP contribution in [-0.4, -0.2) is 42.9 Å². The predicted octanol–water partition coefficient (Wildman–Crippen LogP) is -0.260. The smallest absolute Gasteiger partial charge is 0.237 e. The number of carbonyl (C=O) groups is 2. The predicted molar refractivity (Wildman–Crippen MR) is 61.8 cm³/mol. The van der Waals surface area contributed by atoms with Crippen LogP contribution in [0.1, 0.15) is 20.3 Å². The highest BCUT2D eigenvalue weighted by atomic mass is 35.5. The third kappa shape index (κ3) is 7.16. The minimum atomic E-state index is -0.475. The monoisotopic (exact) mass is 237 g/mol. The van der Waals surface area contributed by atoms with E-state index in [1.165, 1.54) is 4.90 Å². The second kappa shape index (κ2) is 8.49. The Morgan fingerprint density at radius 1 is 1.40 bits per heavy atom. The molecule has 15 heavy (non-hydrogen) atoms. The maximum absolute atomic E-state index is 11.6. The molecule has 0 saturated carbocycles. The summed E-state index contributed by atoms with van der Waals surface area (Å²) in [5, 5.41) is 2.88. The van der Waals surface area contributed by atoms with Gasteiger partial charge in [0, 0.05) is 19.0 Å². The van der Waals surface area contributed by atoms with Crippen molar-refractivity contribution in [3.63, 3.8) is 0 Å². The lowest BCUT2D eigenvalue weighted by molar-refractivity contribution is -0.136. The van der Waals surface area contributed by atoms with Crippen LogP contribution in [0.5, 0.6) is 0 Å². The summed E-state index contributed by atoms with van der Waals surface area (Å²) in [6.07, 6.45) is 0.391. The summed E-state index contributed by atoms with van der Waals surface area (Å²) in [6.45, 7) is 4.33. The van der Waals surface area contributed by atoms with Crippen LogP contribution in [0, 0.1) is 0 Å². The fourth-order valence-electron chi connectivity index (χ4n) is 1.10. The lowest BCUT2D eigenvalue weighted by atomic mass is 10.2. The van der Waals surface area contributed by atoms with Gasteiger partial charge in [0.15, 0.2) is 0 Å². The first-order chi connectivity index (χ1) is 6.49. The van der Waals surface area contributed by atoms with E-state index in [1.54, 1.807) is 7.05 Å². The van der Waals surface area contributed by atoms with Crippen LogP contribution in [-0.2, 0) is 9.59 Å². The van der Waals surface area contributed by atoms with Gasteiger partial charge in [-0.1, -0.05) is 0 Å². The summed E-state index contributed by atoms with van der Waals surface area (Å²) >= 11 is 0. The number of nitrogens with one attached hydrogen (secondary N) is 1. The summed E-state index contributed by atoms with van der Waals surface area (Å²) in [5.41, 5.74) is 5.05. The SMILES string of the molecule is CNCCC(=O)N(CC(N)=O)C(C)C.Cl. The van der Waals surface area contributed by atoms with E-state index < -0.39 is 5.91 Å². The van der Waals surface area contributed by atoms with E-state index in [0.717, 1.165) is 0 Å². The highest BCUT2D eigenvalue weighted by Crippen LogP contribution is 2.00. The van der Waals surface area contributed by atoms with Gasteiger partial charge in [-0.3, -0.25) is 9.59 Å². The Balaban J connectivity index is 0. The van der Waals surface area contributed by atoms with Gasteiger partial charge in [-0.25, -0.2) is 0 Å². The van der Waals surface area contributed by atoms with E-state index in [1.807, 2.05) is 13.8 Å². The van der Waals surface area contributed by atoms with E-state index in [0.29, 0.717) is 13.0 Å². The third-order valence-corrected chi connectivity index (χ3v) is 1.86. The van der Waals surface area contributed by atoms with Crippen molar-refractivity contribution in [1.82, 2.24) is 10.2 Å².